The third kappa shape index (κ3) is 1.81. The van der Waals surface area contributed by atoms with Gasteiger partial charge in [-0.1, -0.05) is 0 Å². The molecule has 0 saturated heterocycles. The van der Waals surface area contributed by atoms with Crippen LogP contribution in [0.15, 0.2) is 35.5 Å². The lowest BCUT2D eigenvalue weighted by Gasteiger charge is -2.05. The molecule has 0 aliphatic rings. The maximum Gasteiger partial charge on any atom is 0.294 e. The average Bonchev–Trinajstić information content (AvgIpc) is 2.83. The summed E-state index contributed by atoms with van der Waals surface area (Å²) in [6.45, 7) is 0. The number of hydrogen-bond acceptors (Lipinski definition) is 5. The van der Waals surface area contributed by atoms with Crippen LogP contribution in [0.1, 0.15) is 0 Å². The first-order valence-electron chi connectivity index (χ1n) is 5.49. The van der Waals surface area contributed by atoms with Crippen LogP contribution in [0.25, 0.3) is 16.9 Å². The van der Waals surface area contributed by atoms with Crippen molar-refractivity contribution in [2.75, 3.05) is 7.11 Å². The molecule has 3 aromatic rings. The van der Waals surface area contributed by atoms with Crippen molar-refractivity contribution < 1.29 is 9.84 Å². The van der Waals surface area contributed by atoms with Crippen LogP contribution < -0.4 is 10.3 Å². The summed E-state index contributed by atoms with van der Waals surface area (Å²) in [5.74, 6) is 0.570. The van der Waals surface area contributed by atoms with E-state index in [2.05, 4.69) is 15.1 Å². The Labute approximate surface area is 107 Å². The molecule has 96 valence electrons. The molecule has 0 radical (unpaired) electrons. The lowest BCUT2D eigenvalue weighted by Crippen LogP contribution is -2.10. The highest BCUT2D eigenvalue weighted by Crippen LogP contribution is 2.31. The number of phenolic OH excluding ortho intramolecular Hbond substituents is 1. The van der Waals surface area contributed by atoms with Crippen molar-refractivity contribution >= 4 is 5.65 Å². The van der Waals surface area contributed by atoms with Gasteiger partial charge in [0.05, 0.1) is 19.0 Å². The van der Waals surface area contributed by atoms with E-state index in [-0.39, 0.29) is 17.0 Å². The predicted octanol–water partition coefficient (Wildman–Crippen LogP) is 0.799. The average molecular weight is 258 g/mol. The number of rotatable bonds is 2. The van der Waals surface area contributed by atoms with Crippen LogP contribution in [0.2, 0.25) is 0 Å². The lowest BCUT2D eigenvalue weighted by molar-refractivity contribution is 0.409. The van der Waals surface area contributed by atoms with Gasteiger partial charge in [0.25, 0.3) is 5.56 Å². The van der Waals surface area contributed by atoms with Gasteiger partial charge in [-0.2, -0.15) is 5.10 Å². The summed E-state index contributed by atoms with van der Waals surface area (Å²) in [6.07, 6.45) is 2.92. The van der Waals surface area contributed by atoms with E-state index in [1.165, 1.54) is 30.1 Å². The number of aromatic nitrogens is 4. The zero-order valence-corrected chi connectivity index (χ0v) is 9.99. The van der Waals surface area contributed by atoms with Crippen LogP contribution in [0.4, 0.5) is 0 Å². The van der Waals surface area contributed by atoms with Crippen molar-refractivity contribution in [1.29, 1.82) is 0 Å². The number of hydrogen-bond donors (Lipinski definition) is 2. The van der Waals surface area contributed by atoms with Gasteiger partial charge in [0.2, 0.25) is 5.65 Å². The molecule has 2 heterocycles. The Hall–Kier alpha value is -2.83. The minimum absolute atomic E-state index is 0.0975. The zero-order valence-electron chi connectivity index (χ0n) is 9.99. The zero-order chi connectivity index (χ0) is 13.4. The van der Waals surface area contributed by atoms with E-state index in [0.717, 1.165) is 0 Å². The highest BCUT2D eigenvalue weighted by molar-refractivity contribution is 5.69. The maximum absolute atomic E-state index is 11.6. The van der Waals surface area contributed by atoms with Crippen molar-refractivity contribution in [1.82, 2.24) is 19.6 Å². The number of methoxy groups -OCH3 is 1. The molecule has 0 aliphatic carbocycles. The molecule has 1 aromatic carbocycles. The molecule has 3 rings (SSSR count). The Balaban J connectivity index is 2.25. The second kappa shape index (κ2) is 4.13. The molecule has 0 amide bonds. The van der Waals surface area contributed by atoms with Gasteiger partial charge >= 0.3 is 0 Å². The molecule has 0 aliphatic heterocycles. The molecule has 0 bridgehead atoms. The van der Waals surface area contributed by atoms with Gasteiger partial charge in [0.1, 0.15) is 17.8 Å². The normalized spacial score (nSPS) is 10.8. The van der Waals surface area contributed by atoms with Crippen molar-refractivity contribution in [2.24, 2.45) is 0 Å². The molecule has 0 spiro atoms. The van der Waals surface area contributed by atoms with E-state index >= 15 is 0 Å². The molecular weight excluding hydrogens is 248 g/mol. The summed E-state index contributed by atoms with van der Waals surface area (Å²) in [5.41, 5.74) is 1.10. The van der Waals surface area contributed by atoms with Crippen molar-refractivity contribution in [3.8, 4) is 22.8 Å². The number of H-pyrrole nitrogens is 1. The number of phenols is 1. The SMILES string of the molecule is COc1cc(O)ccc1-c1cn2nc[nH]c(=O)c2n1. The molecule has 19 heavy (non-hydrogen) atoms. The summed E-state index contributed by atoms with van der Waals surface area (Å²) >= 11 is 0. The lowest BCUT2D eigenvalue weighted by atomic mass is 10.1. The van der Waals surface area contributed by atoms with Gasteiger partial charge in [-0.25, -0.2) is 9.50 Å². The highest BCUT2D eigenvalue weighted by atomic mass is 16.5. The van der Waals surface area contributed by atoms with Crippen LogP contribution in [-0.2, 0) is 0 Å². The number of benzene rings is 1. The van der Waals surface area contributed by atoms with Crippen molar-refractivity contribution in [3.05, 3.63) is 41.1 Å². The van der Waals surface area contributed by atoms with E-state index in [1.54, 1.807) is 12.3 Å². The van der Waals surface area contributed by atoms with E-state index in [9.17, 15) is 9.90 Å². The summed E-state index contributed by atoms with van der Waals surface area (Å²) in [7, 11) is 1.50. The molecule has 7 heteroatoms. The van der Waals surface area contributed by atoms with Gasteiger partial charge < -0.3 is 14.8 Å². The molecule has 0 atom stereocenters. The van der Waals surface area contributed by atoms with Gasteiger partial charge in [-0.3, -0.25) is 4.79 Å². The molecule has 0 unspecified atom stereocenters. The van der Waals surface area contributed by atoms with E-state index in [0.29, 0.717) is 17.0 Å². The molecule has 0 saturated carbocycles. The quantitative estimate of drug-likeness (QED) is 0.709. The Morgan fingerprint density at radius 2 is 2.26 bits per heavy atom. The predicted molar refractivity (Wildman–Crippen MR) is 67.3 cm³/mol. The minimum Gasteiger partial charge on any atom is -0.508 e. The van der Waals surface area contributed by atoms with Gasteiger partial charge in [0, 0.05) is 11.6 Å². The summed E-state index contributed by atoms with van der Waals surface area (Å²) in [5, 5.41) is 13.4. The third-order valence-electron chi connectivity index (χ3n) is 2.73. The Bertz CT molecular complexity index is 806. The number of aromatic hydroxyl groups is 1. The van der Waals surface area contributed by atoms with Crippen LogP contribution in [0, 0.1) is 0 Å². The molecule has 0 fully saturated rings. The minimum atomic E-state index is -0.320. The number of nitrogens with zero attached hydrogens (tertiary/aromatic N) is 3. The standard InChI is InChI=1S/C12H10N4O3/c1-19-10-4-7(17)2-3-8(10)9-5-16-11(15-9)12(18)13-6-14-16/h2-6,17H,1H3,(H,13,14,18). The van der Waals surface area contributed by atoms with Gasteiger partial charge in [-0.15, -0.1) is 0 Å². The van der Waals surface area contributed by atoms with Crippen molar-refractivity contribution in [3.63, 3.8) is 0 Å². The second-order valence-electron chi connectivity index (χ2n) is 3.90. The first-order valence-corrected chi connectivity index (χ1v) is 5.49. The topological polar surface area (TPSA) is 92.5 Å². The summed E-state index contributed by atoms with van der Waals surface area (Å²) < 4.78 is 6.58. The van der Waals surface area contributed by atoms with Gasteiger partial charge in [-0.05, 0) is 12.1 Å². The first-order chi connectivity index (χ1) is 9.19. The number of aromatic amines is 1. The summed E-state index contributed by atoms with van der Waals surface area (Å²) in [6, 6.07) is 4.68. The molecular formula is C12H10N4O3. The van der Waals surface area contributed by atoms with Crippen LogP contribution in [0.5, 0.6) is 11.5 Å². The monoisotopic (exact) mass is 258 g/mol. The highest BCUT2D eigenvalue weighted by Gasteiger charge is 2.12. The number of imidazole rings is 1. The van der Waals surface area contributed by atoms with Gasteiger partial charge in [0.15, 0.2) is 0 Å². The largest absolute Gasteiger partial charge is 0.508 e. The van der Waals surface area contributed by atoms with Crippen LogP contribution in [-0.4, -0.2) is 31.8 Å². The smallest absolute Gasteiger partial charge is 0.294 e. The molecule has 2 N–H and O–H groups in total. The molecule has 2 aromatic heterocycles. The fourth-order valence-corrected chi connectivity index (χ4v) is 1.85. The Morgan fingerprint density at radius 3 is 3.00 bits per heavy atom. The number of nitrogens with one attached hydrogen (secondary N) is 1. The second-order valence-corrected chi connectivity index (χ2v) is 3.90. The third-order valence-corrected chi connectivity index (χ3v) is 2.73. The fraction of sp³-hybridized carbons (Fsp3) is 0.0833. The first kappa shape index (κ1) is 11.3. The van der Waals surface area contributed by atoms with Crippen LogP contribution >= 0.6 is 0 Å². The van der Waals surface area contributed by atoms with Crippen LogP contribution in [0.3, 0.4) is 0 Å². The van der Waals surface area contributed by atoms with E-state index in [4.69, 9.17) is 4.74 Å². The fourth-order valence-electron chi connectivity index (χ4n) is 1.85. The number of fused-ring (bicyclic) bond motifs is 1. The molecule has 7 nitrogen and oxygen atoms in total. The Kier molecular flexibility index (Phi) is 2.45. The van der Waals surface area contributed by atoms with Crippen molar-refractivity contribution in [2.45, 2.75) is 0 Å². The van der Waals surface area contributed by atoms with E-state index in [1.807, 2.05) is 0 Å². The van der Waals surface area contributed by atoms with E-state index < -0.39 is 0 Å². The number of ether oxygens (including phenoxy) is 1. The summed E-state index contributed by atoms with van der Waals surface area (Å²) in [4.78, 5) is 18.3. The Morgan fingerprint density at radius 1 is 1.42 bits per heavy atom. The maximum atomic E-state index is 11.6.